The molecular formula is C27H26N2O3. The van der Waals surface area contributed by atoms with E-state index in [1.54, 1.807) is 18.2 Å². The molecule has 2 amide bonds. The van der Waals surface area contributed by atoms with E-state index >= 15 is 0 Å². The molecule has 0 atom stereocenters. The topological polar surface area (TPSA) is 58.6 Å². The molecule has 0 saturated heterocycles. The lowest BCUT2D eigenvalue weighted by Crippen LogP contribution is -2.32. The van der Waals surface area contributed by atoms with Crippen molar-refractivity contribution in [1.29, 1.82) is 0 Å². The number of nitrogens with zero attached hydrogens (tertiary/aromatic N) is 1. The number of hydrogen-bond donors (Lipinski definition) is 1. The van der Waals surface area contributed by atoms with Gasteiger partial charge in [-0.3, -0.25) is 9.59 Å². The second-order valence-corrected chi connectivity index (χ2v) is 7.78. The summed E-state index contributed by atoms with van der Waals surface area (Å²) in [5.41, 5.74) is 4.74. The Hall–Kier alpha value is -3.86. The minimum atomic E-state index is -0.387. The number of aryl methyl sites for hydroxylation is 1. The fourth-order valence-electron chi connectivity index (χ4n) is 3.71. The van der Waals surface area contributed by atoms with Crippen molar-refractivity contribution in [3.63, 3.8) is 0 Å². The Balaban J connectivity index is 1.78. The van der Waals surface area contributed by atoms with Crippen LogP contribution in [-0.4, -0.2) is 18.4 Å². The van der Waals surface area contributed by atoms with Crippen LogP contribution in [0.4, 0.5) is 11.4 Å². The molecule has 1 N–H and O–H groups in total. The number of hydrogen-bond acceptors (Lipinski definition) is 4. The molecule has 5 heteroatoms. The summed E-state index contributed by atoms with van der Waals surface area (Å²) in [5.74, 6) is -0.119. The third-order valence-corrected chi connectivity index (χ3v) is 5.56. The van der Waals surface area contributed by atoms with Gasteiger partial charge in [-0.1, -0.05) is 55.5 Å². The average Bonchev–Trinajstić information content (AvgIpc) is 3.05. The van der Waals surface area contributed by atoms with Gasteiger partial charge in [0.1, 0.15) is 11.4 Å². The van der Waals surface area contributed by atoms with Gasteiger partial charge in [-0.05, 0) is 55.2 Å². The number of ether oxygens (including phenoxy) is 1. The van der Waals surface area contributed by atoms with Crippen molar-refractivity contribution in [2.24, 2.45) is 0 Å². The zero-order chi connectivity index (χ0) is 22.7. The third kappa shape index (κ3) is 4.02. The molecule has 0 fully saturated rings. The Morgan fingerprint density at radius 2 is 1.62 bits per heavy atom. The SMILES string of the molecule is CCCOc1cccc(N2C(=O)C(Nc3cccc(C)c3C)=C(c3ccccc3)C2=O)c1. The van der Waals surface area contributed by atoms with E-state index in [0.29, 0.717) is 29.2 Å². The van der Waals surface area contributed by atoms with Crippen LogP contribution in [0.5, 0.6) is 5.75 Å². The fraction of sp³-hybridized carbons (Fsp3) is 0.185. The molecule has 0 unspecified atom stereocenters. The minimum absolute atomic E-state index is 0.273. The molecule has 0 radical (unpaired) electrons. The zero-order valence-electron chi connectivity index (χ0n) is 18.5. The molecule has 0 bridgehead atoms. The van der Waals surface area contributed by atoms with Gasteiger partial charge in [0, 0.05) is 11.8 Å². The standard InChI is InChI=1S/C27H26N2O3/c1-4-16-32-22-14-9-13-21(17-22)29-26(30)24(20-11-6-5-7-12-20)25(27(29)31)28-23-15-8-10-18(2)19(23)3/h5-15,17,28H,4,16H2,1-3H3. The number of imide groups is 1. The van der Waals surface area contributed by atoms with Crippen LogP contribution >= 0.6 is 0 Å². The highest BCUT2D eigenvalue weighted by molar-refractivity contribution is 6.46. The van der Waals surface area contributed by atoms with Crippen molar-refractivity contribution in [3.05, 3.63) is 95.2 Å². The summed E-state index contributed by atoms with van der Waals surface area (Å²) in [5, 5.41) is 3.26. The second-order valence-electron chi connectivity index (χ2n) is 7.78. The first-order chi connectivity index (χ1) is 15.5. The minimum Gasteiger partial charge on any atom is -0.494 e. The van der Waals surface area contributed by atoms with E-state index in [9.17, 15) is 9.59 Å². The van der Waals surface area contributed by atoms with Crippen molar-refractivity contribution in [1.82, 2.24) is 0 Å². The van der Waals surface area contributed by atoms with Crippen LogP contribution in [0, 0.1) is 13.8 Å². The van der Waals surface area contributed by atoms with Crippen LogP contribution in [0.3, 0.4) is 0 Å². The number of carbonyl (C=O) groups is 2. The van der Waals surface area contributed by atoms with Crippen LogP contribution in [-0.2, 0) is 9.59 Å². The maximum absolute atomic E-state index is 13.6. The first-order valence-corrected chi connectivity index (χ1v) is 10.8. The maximum atomic E-state index is 13.6. The molecule has 32 heavy (non-hydrogen) atoms. The van der Waals surface area contributed by atoms with Gasteiger partial charge < -0.3 is 10.1 Å². The van der Waals surface area contributed by atoms with Gasteiger partial charge in [-0.15, -0.1) is 0 Å². The van der Waals surface area contributed by atoms with Gasteiger partial charge in [-0.25, -0.2) is 4.90 Å². The van der Waals surface area contributed by atoms with Gasteiger partial charge in [0.2, 0.25) is 0 Å². The van der Waals surface area contributed by atoms with Gasteiger partial charge >= 0.3 is 0 Å². The zero-order valence-corrected chi connectivity index (χ0v) is 18.5. The Morgan fingerprint density at radius 3 is 2.38 bits per heavy atom. The summed E-state index contributed by atoms with van der Waals surface area (Å²) in [6.07, 6.45) is 0.870. The first-order valence-electron chi connectivity index (χ1n) is 10.8. The average molecular weight is 427 g/mol. The molecule has 3 aromatic rings. The molecule has 1 heterocycles. The summed E-state index contributed by atoms with van der Waals surface area (Å²) in [6.45, 7) is 6.60. The summed E-state index contributed by atoms with van der Waals surface area (Å²) in [4.78, 5) is 28.3. The number of benzene rings is 3. The van der Waals surface area contributed by atoms with Gasteiger partial charge in [0.15, 0.2) is 0 Å². The summed E-state index contributed by atoms with van der Waals surface area (Å²) in [7, 11) is 0. The summed E-state index contributed by atoms with van der Waals surface area (Å²) < 4.78 is 5.71. The number of anilines is 2. The highest BCUT2D eigenvalue weighted by Crippen LogP contribution is 2.35. The molecule has 3 aromatic carbocycles. The molecule has 0 aliphatic carbocycles. The number of amides is 2. The number of rotatable bonds is 7. The van der Waals surface area contributed by atoms with E-state index in [4.69, 9.17) is 4.74 Å². The quantitative estimate of drug-likeness (QED) is 0.508. The van der Waals surface area contributed by atoms with E-state index in [1.165, 1.54) is 4.90 Å². The van der Waals surface area contributed by atoms with E-state index in [1.807, 2.05) is 75.4 Å². The molecule has 4 rings (SSSR count). The highest BCUT2D eigenvalue weighted by Gasteiger charge is 2.40. The number of carbonyl (C=O) groups excluding carboxylic acids is 2. The van der Waals surface area contributed by atoms with Crippen LogP contribution in [0.25, 0.3) is 5.57 Å². The third-order valence-electron chi connectivity index (χ3n) is 5.56. The van der Waals surface area contributed by atoms with E-state index < -0.39 is 0 Å². The lowest BCUT2D eigenvalue weighted by atomic mass is 10.0. The predicted octanol–water partition coefficient (Wildman–Crippen LogP) is 5.49. The van der Waals surface area contributed by atoms with Crippen molar-refractivity contribution in [3.8, 4) is 5.75 Å². The van der Waals surface area contributed by atoms with Crippen LogP contribution < -0.4 is 15.0 Å². The molecular weight excluding hydrogens is 400 g/mol. The Labute approximate surface area is 188 Å². The van der Waals surface area contributed by atoms with Crippen molar-refractivity contribution < 1.29 is 14.3 Å². The first kappa shape index (κ1) is 21.4. The number of nitrogens with one attached hydrogen (secondary N) is 1. The van der Waals surface area contributed by atoms with E-state index in [-0.39, 0.29) is 17.5 Å². The van der Waals surface area contributed by atoms with Gasteiger partial charge in [0.05, 0.1) is 17.9 Å². The molecule has 1 aliphatic heterocycles. The van der Waals surface area contributed by atoms with E-state index in [0.717, 1.165) is 23.2 Å². The Morgan fingerprint density at radius 1 is 0.875 bits per heavy atom. The normalized spacial score (nSPS) is 13.7. The highest BCUT2D eigenvalue weighted by atomic mass is 16.5. The molecule has 1 aliphatic rings. The van der Waals surface area contributed by atoms with Crippen LogP contribution in [0.1, 0.15) is 30.0 Å². The van der Waals surface area contributed by atoms with Gasteiger partial charge in [-0.2, -0.15) is 0 Å². The molecule has 0 spiro atoms. The molecule has 0 saturated carbocycles. The monoisotopic (exact) mass is 426 g/mol. The molecule has 5 nitrogen and oxygen atoms in total. The summed E-state index contributed by atoms with van der Waals surface area (Å²) >= 11 is 0. The smallest absolute Gasteiger partial charge is 0.282 e. The van der Waals surface area contributed by atoms with Crippen molar-refractivity contribution in [2.75, 3.05) is 16.8 Å². The fourth-order valence-corrected chi connectivity index (χ4v) is 3.71. The van der Waals surface area contributed by atoms with Crippen LogP contribution in [0.15, 0.2) is 78.5 Å². The van der Waals surface area contributed by atoms with E-state index in [2.05, 4.69) is 5.32 Å². The Bertz CT molecular complexity index is 1200. The largest absolute Gasteiger partial charge is 0.494 e. The molecule has 162 valence electrons. The lowest BCUT2D eigenvalue weighted by Gasteiger charge is -2.17. The summed E-state index contributed by atoms with van der Waals surface area (Å²) in [6, 6.07) is 22.2. The second kappa shape index (κ2) is 9.10. The van der Waals surface area contributed by atoms with Gasteiger partial charge in [0.25, 0.3) is 11.8 Å². The van der Waals surface area contributed by atoms with Crippen LogP contribution in [0.2, 0.25) is 0 Å². The predicted molar refractivity (Wildman–Crippen MR) is 128 cm³/mol. The lowest BCUT2D eigenvalue weighted by molar-refractivity contribution is -0.120. The van der Waals surface area contributed by atoms with Crippen molar-refractivity contribution in [2.45, 2.75) is 27.2 Å². The Kier molecular flexibility index (Phi) is 6.08. The maximum Gasteiger partial charge on any atom is 0.282 e. The van der Waals surface area contributed by atoms with Crippen molar-refractivity contribution >= 4 is 28.8 Å². The molecule has 0 aromatic heterocycles.